The van der Waals surface area contributed by atoms with Gasteiger partial charge in [-0.2, -0.15) is 0 Å². The summed E-state index contributed by atoms with van der Waals surface area (Å²) in [7, 11) is 0. The fourth-order valence-corrected chi connectivity index (χ4v) is 1.94. The molecule has 1 fully saturated rings. The number of amides is 1. The molecule has 2 N–H and O–H groups in total. The third-order valence-corrected chi connectivity index (χ3v) is 2.58. The van der Waals surface area contributed by atoms with Gasteiger partial charge in [-0.25, -0.2) is 4.79 Å². The zero-order chi connectivity index (χ0) is 13.8. The van der Waals surface area contributed by atoms with Gasteiger partial charge in [-0.3, -0.25) is 4.79 Å². The zero-order valence-electron chi connectivity index (χ0n) is 11.1. The molecule has 1 saturated heterocycles. The van der Waals surface area contributed by atoms with Crippen LogP contribution >= 0.6 is 0 Å². The second-order valence-electron chi connectivity index (χ2n) is 5.63. The van der Waals surface area contributed by atoms with Crippen LogP contribution in [0.25, 0.3) is 0 Å². The highest BCUT2D eigenvalue weighted by molar-refractivity contribution is 5.73. The summed E-state index contributed by atoms with van der Waals surface area (Å²) in [6.45, 7) is 6.07. The van der Waals surface area contributed by atoms with Crippen LogP contribution in [-0.2, 0) is 14.3 Å². The van der Waals surface area contributed by atoms with Crippen LogP contribution in [0.2, 0.25) is 0 Å². The van der Waals surface area contributed by atoms with Crippen molar-refractivity contribution in [3.8, 4) is 0 Å². The van der Waals surface area contributed by atoms with Gasteiger partial charge in [0.2, 0.25) is 0 Å². The van der Waals surface area contributed by atoms with E-state index < -0.39 is 23.2 Å². The highest BCUT2D eigenvalue weighted by Gasteiger charge is 2.38. The van der Waals surface area contributed by atoms with E-state index in [0.717, 1.165) is 6.42 Å². The summed E-state index contributed by atoms with van der Waals surface area (Å²) in [6, 6.07) is 0. The standard InChI is InChI=1S/C12H21NO5/c1-11(2,3)18-10(16)13-12(7-9(14)15)5-4-6-17-8-12/h4-8H2,1-3H3,(H,13,16)(H,14,15). The van der Waals surface area contributed by atoms with Crippen LogP contribution in [0.15, 0.2) is 0 Å². The molecule has 1 heterocycles. The number of hydrogen-bond donors (Lipinski definition) is 2. The van der Waals surface area contributed by atoms with Crippen molar-refractivity contribution in [1.29, 1.82) is 0 Å². The van der Waals surface area contributed by atoms with Gasteiger partial charge in [0, 0.05) is 6.61 Å². The molecule has 104 valence electrons. The van der Waals surface area contributed by atoms with E-state index in [2.05, 4.69) is 5.32 Å². The predicted molar refractivity (Wildman–Crippen MR) is 64.4 cm³/mol. The van der Waals surface area contributed by atoms with Crippen molar-refractivity contribution in [1.82, 2.24) is 5.32 Å². The molecule has 1 unspecified atom stereocenters. The molecule has 0 spiro atoms. The van der Waals surface area contributed by atoms with Crippen LogP contribution in [0.3, 0.4) is 0 Å². The average molecular weight is 259 g/mol. The predicted octanol–water partition coefficient (Wildman–Crippen LogP) is 1.54. The average Bonchev–Trinajstić information content (AvgIpc) is 2.13. The largest absolute Gasteiger partial charge is 0.481 e. The number of alkyl carbamates (subject to hydrolysis) is 1. The number of rotatable bonds is 3. The zero-order valence-corrected chi connectivity index (χ0v) is 11.1. The highest BCUT2D eigenvalue weighted by Crippen LogP contribution is 2.23. The quantitative estimate of drug-likeness (QED) is 0.803. The third kappa shape index (κ3) is 4.91. The van der Waals surface area contributed by atoms with Crippen molar-refractivity contribution >= 4 is 12.1 Å². The van der Waals surface area contributed by atoms with Crippen LogP contribution in [0.1, 0.15) is 40.0 Å². The molecule has 0 radical (unpaired) electrons. The molecule has 1 atom stereocenters. The molecule has 0 aliphatic carbocycles. The summed E-state index contributed by atoms with van der Waals surface area (Å²) in [5.74, 6) is -0.962. The Bertz CT molecular complexity index is 315. The van der Waals surface area contributed by atoms with Gasteiger partial charge in [0.15, 0.2) is 0 Å². The highest BCUT2D eigenvalue weighted by atomic mass is 16.6. The Morgan fingerprint density at radius 3 is 2.56 bits per heavy atom. The first kappa shape index (κ1) is 14.8. The molecule has 1 aliphatic heterocycles. The minimum atomic E-state index is -0.962. The number of ether oxygens (including phenoxy) is 2. The van der Waals surface area contributed by atoms with Crippen LogP contribution < -0.4 is 5.32 Å². The lowest BCUT2D eigenvalue weighted by Gasteiger charge is -2.37. The normalized spacial score (nSPS) is 24.4. The van der Waals surface area contributed by atoms with Crippen molar-refractivity contribution in [2.75, 3.05) is 13.2 Å². The van der Waals surface area contributed by atoms with E-state index in [1.165, 1.54) is 0 Å². The second-order valence-corrected chi connectivity index (χ2v) is 5.63. The lowest BCUT2D eigenvalue weighted by molar-refractivity contribution is -0.140. The van der Waals surface area contributed by atoms with Gasteiger partial charge in [0.25, 0.3) is 0 Å². The first-order valence-corrected chi connectivity index (χ1v) is 6.03. The first-order chi connectivity index (χ1) is 8.22. The molecular weight excluding hydrogens is 238 g/mol. The number of carbonyl (C=O) groups is 2. The van der Waals surface area contributed by atoms with Crippen LogP contribution in [0.5, 0.6) is 0 Å². The minimum Gasteiger partial charge on any atom is -0.481 e. The van der Waals surface area contributed by atoms with Crippen molar-refractivity contribution in [3.05, 3.63) is 0 Å². The maximum atomic E-state index is 11.7. The molecule has 6 nitrogen and oxygen atoms in total. The summed E-state index contributed by atoms with van der Waals surface area (Å²) in [5, 5.41) is 11.6. The number of carboxylic acids is 1. The van der Waals surface area contributed by atoms with Crippen molar-refractivity contribution in [2.45, 2.75) is 51.2 Å². The van der Waals surface area contributed by atoms with Gasteiger partial charge in [0.1, 0.15) is 5.60 Å². The van der Waals surface area contributed by atoms with E-state index >= 15 is 0 Å². The topological polar surface area (TPSA) is 84.9 Å². The van der Waals surface area contributed by atoms with E-state index in [9.17, 15) is 9.59 Å². The van der Waals surface area contributed by atoms with Crippen molar-refractivity contribution < 1.29 is 24.2 Å². The third-order valence-electron chi connectivity index (χ3n) is 2.58. The molecule has 1 rings (SSSR count). The van der Waals surface area contributed by atoms with Crippen molar-refractivity contribution in [3.63, 3.8) is 0 Å². The lowest BCUT2D eigenvalue weighted by Crippen LogP contribution is -2.56. The van der Waals surface area contributed by atoms with Gasteiger partial charge in [-0.15, -0.1) is 0 Å². The molecule has 0 aromatic heterocycles. The summed E-state index contributed by atoms with van der Waals surface area (Å²) in [4.78, 5) is 22.6. The van der Waals surface area contributed by atoms with Gasteiger partial charge in [0.05, 0.1) is 18.6 Å². The van der Waals surface area contributed by atoms with Gasteiger partial charge < -0.3 is 19.9 Å². The Balaban J connectivity index is 2.66. The summed E-state index contributed by atoms with van der Waals surface area (Å²) < 4.78 is 10.4. The summed E-state index contributed by atoms with van der Waals surface area (Å²) in [6.07, 6.45) is 0.544. The molecule has 0 saturated carbocycles. The molecule has 1 amide bonds. The Morgan fingerprint density at radius 2 is 2.11 bits per heavy atom. The number of carbonyl (C=O) groups excluding carboxylic acids is 1. The fourth-order valence-electron chi connectivity index (χ4n) is 1.94. The van der Waals surface area contributed by atoms with Gasteiger partial charge >= 0.3 is 12.1 Å². The number of hydrogen-bond acceptors (Lipinski definition) is 4. The SMILES string of the molecule is CC(C)(C)OC(=O)NC1(CC(=O)O)CCCOC1. The van der Waals surface area contributed by atoms with Crippen molar-refractivity contribution in [2.24, 2.45) is 0 Å². The first-order valence-electron chi connectivity index (χ1n) is 6.03. The summed E-state index contributed by atoms with van der Waals surface area (Å²) >= 11 is 0. The number of carboxylic acid groups (broad SMARTS) is 1. The van der Waals surface area contributed by atoms with E-state index in [4.69, 9.17) is 14.6 Å². The summed E-state index contributed by atoms with van der Waals surface area (Å²) in [5.41, 5.74) is -1.46. The Kier molecular flexibility index (Phi) is 4.56. The maximum Gasteiger partial charge on any atom is 0.408 e. The molecule has 18 heavy (non-hydrogen) atoms. The minimum absolute atomic E-state index is 0.160. The monoisotopic (exact) mass is 259 g/mol. The van der Waals surface area contributed by atoms with E-state index in [1.54, 1.807) is 20.8 Å². The Morgan fingerprint density at radius 1 is 1.44 bits per heavy atom. The van der Waals surface area contributed by atoms with Gasteiger partial charge in [-0.1, -0.05) is 0 Å². The number of aliphatic carboxylic acids is 1. The Labute approximate surface area is 107 Å². The molecular formula is C12H21NO5. The second kappa shape index (κ2) is 5.56. The molecule has 0 aromatic rings. The fraction of sp³-hybridized carbons (Fsp3) is 0.833. The van der Waals surface area contributed by atoms with E-state index in [0.29, 0.717) is 13.0 Å². The number of nitrogens with one attached hydrogen (secondary N) is 1. The van der Waals surface area contributed by atoms with E-state index in [-0.39, 0.29) is 13.0 Å². The van der Waals surface area contributed by atoms with Gasteiger partial charge in [-0.05, 0) is 33.6 Å². The molecule has 1 aliphatic rings. The van der Waals surface area contributed by atoms with Crippen LogP contribution in [0, 0.1) is 0 Å². The van der Waals surface area contributed by atoms with Crippen LogP contribution in [0.4, 0.5) is 4.79 Å². The smallest absolute Gasteiger partial charge is 0.408 e. The molecule has 6 heteroatoms. The van der Waals surface area contributed by atoms with Crippen LogP contribution in [-0.4, -0.2) is 41.5 Å². The van der Waals surface area contributed by atoms with E-state index in [1.807, 2.05) is 0 Å². The molecule has 0 bridgehead atoms. The Hall–Kier alpha value is -1.30. The lowest BCUT2D eigenvalue weighted by atomic mass is 9.89. The molecule has 0 aromatic carbocycles. The maximum absolute atomic E-state index is 11.7.